The van der Waals surface area contributed by atoms with Crippen LogP contribution in [-0.2, 0) is 4.79 Å². The van der Waals surface area contributed by atoms with Crippen LogP contribution in [0.3, 0.4) is 0 Å². The maximum absolute atomic E-state index is 11.9. The molecular formula is C13H27N3O. The fourth-order valence-corrected chi connectivity index (χ4v) is 2.49. The van der Waals surface area contributed by atoms with E-state index in [4.69, 9.17) is 5.73 Å². The molecule has 0 saturated heterocycles. The summed E-state index contributed by atoms with van der Waals surface area (Å²) in [6, 6.07) is -0.393. The largest absolute Gasteiger partial charge is 0.353 e. The second-order valence-electron chi connectivity index (χ2n) is 5.81. The minimum absolute atomic E-state index is 0.0203. The van der Waals surface area contributed by atoms with Gasteiger partial charge in [0.15, 0.2) is 0 Å². The van der Waals surface area contributed by atoms with Gasteiger partial charge in [0.05, 0.1) is 6.04 Å². The van der Waals surface area contributed by atoms with E-state index in [9.17, 15) is 4.79 Å². The van der Waals surface area contributed by atoms with Crippen molar-refractivity contribution in [3.63, 3.8) is 0 Å². The van der Waals surface area contributed by atoms with E-state index in [1.807, 2.05) is 13.8 Å². The quantitative estimate of drug-likeness (QED) is 0.754. The number of amides is 1. The molecule has 17 heavy (non-hydrogen) atoms. The smallest absolute Gasteiger partial charge is 0.237 e. The Labute approximate surface area is 105 Å². The lowest BCUT2D eigenvalue weighted by Crippen LogP contribution is -2.54. The molecule has 0 radical (unpaired) electrons. The summed E-state index contributed by atoms with van der Waals surface area (Å²) in [6.45, 7) is 4.67. The Balaban J connectivity index is 2.51. The zero-order chi connectivity index (χ0) is 13.1. The Hall–Kier alpha value is -0.610. The SMILES string of the molecule is CC(C)[C@H](N)C(=O)NCC1(N(C)C)CCCC1. The average molecular weight is 241 g/mol. The van der Waals surface area contributed by atoms with Gasteiger partial charge in [0.1, 0.15) is 0 Å². The Kier molecular flexibility index (Phi) is 4.95. The molecule has 0 aliphatic heterocycles. The molecule has 4 heteroatoms. The van der Waals surface area contributed by atoms with Gasteiger partial charge in [-0.1, -0.05) is 26.7 Å². The number of nitrogens with zero attached hydrogens (tertiary/aromatic N) is 1. The maximum atomic E-state index is 11.9. The summed E-state index contributed by atoms with van der Waals surface area (Å²) in [5.41, 5.74) is 5.98. The summed E-state index contributed by atoms with van der Waals surface area (Å²) in [5.74, 6) is 0.169. The van der Waals surface area contributed by atoms with E-state index in [2.05, 4.69) is 24.3 Å². The van der Waals surface area contributed by atoms with Crippen molar-refractivity contribution in [1.82, 2.24) is 10.2 Å². The minimum Gasteiger partial charge on any atom is -0.353 e. The third-order valence-electron chi connectivity index (χ3n) is 4.10. The van der Waals surface area contributed by atoms with E-state index in [0.29, 0.717) is 0 Å². The highest BCUT2D eigenvalue weighted by molar-refractivity contribution is 5.81. The van der Waals surface area contributed by atoms with Crippen LogP contribution in [0.4, 0.5) is 0 Å². The van der Waals surface area contributed by atoms with Crippen molar-refractivity contribution in [1.29, 1.82) is 0 Å². The highest BCUT2D eigenvalue weighted by Crippen LogP contribution is 2.33. The Morgan fingerprint density at radius 3 is 2.29 bits per heavy atom. The molecule has 1 aliphatic rings. The van der Waals surface area contributed by atoms with Gasteiger partial charge in [0.2, 0.25) is 5.91 Å². The number of carbonyl (C=O) groups is 1. The molecule has 0 heterocycles. The summed E-state index contributed by atoms with van der Waals surface area (Å²) in [5, 5.41) is 3.02. The lowest BCUT2D eigenvalue weighted by Gasteiger charge is -2.36. The fraction of sp³-hybridized carbons (Fsp3) is 0.923. The number of hydrogen-bond donors (Lipinski definition) is 2. The molecule has 0 aromatic heterocycles. The number of nitrogens with two attached hydrogens (primary N) is 1. The van der Waals surface area contributed by atoms with Gasteiger partial charge in [-0.05, 0) is 32.9 Å². The molecule has 1 fully saturated rings. The standard InChI is InChI=1S/C13H27N3O/c1-10(2)11(14)12(17)15-9-13(16(3)4)7-5-6-8-13/h10-11H,5-9,14H2,1-4H3,(H,15,17)/t11-/m0/s1. The highest BCUT2D eigenvalue weighted by atomic mass is 16.2. The highest BCUT2D eigenvalue weighted by Gasteiger charge is 2.36. The Morgan fingerprint density at radius 1 is 1.35 bits per heavy atom. The van der Waals surface area contributed by atoms with E-state index in [1.165, 1.54) is 12.8 Å². The molecular weight excluding hydrogens is 214 g/mol. The molecule has 1 atom stereocenters. The van der Waals surface area contributed by atoms with Crippen LogP contribution in [0.15, 0.2) is 0 Å². The number of hydrogen-bond acceptors (Lipinski definition) is 3. The van der Waals surface area contributed by atoms with Gasteiger partial charge in [0, 0.05) is 12.1 Å². The van der Waals surface area contributed by atoms with Crippen LogP contribution < -0.4 is 11.1 Å². The molecule has 0 spiro atoms. The lowest BCUT2D eigenvalue weighted by molar-refractivity contribution is -0.123. The number of rotatable bonds is 5. The third-order valence-corrected chi connectivity index (χ3v) is 4.10. The van der Waals surface area contributed by atoms with Gasteiger partial charge < -0.3 is 16.0 Å². The molecule has 100 valence electrons. The van der Waals surface area contributed by atoms with Crippen molar-refractivity contribution in [2.45, 2.75) is 51.1 Å². The van der Waals surface area contributed by atoms with E-state index in [-0.39, 0.29) is 17.4 Å². The van der Waals surface area contributed by atoms with Gasteiger partial charge in [-0.25, -0.2) is 0 Å². The Morgan fingerprint density at radius 2 is 1.88 bits per heavy atom. The zero-order valence-corrected chi connectivity index (χ0v) is 11.6. The van der Waals surface area contributed by atoms with E-state index in [1.54, 1.807) is 0 Å². The predicted octanol–water partition coefficient (Wildman–Crippen LogP) is 0.960. The van der Waals surface area contributed by atoms with Crippen LogP contribution in [0.5, 0.6) is 0 Å². The first-order valence-electron chi connectivity index (χ1n) is 6.60. The first-order chi connectivity index (χ1) is 7.89. The molecule has 1 aliphatic carbocycles. The molecule has 0 aromatic carbocycles. The maximum Gasteiger partial charge on any atom is 0.237 e. The topological polar surface area (TPSA) is 58.4 Å². The van der Waals surface area contributed by atoms with Crippen molar-refractivity contribution in [2.75, 3.05) is 20.6 Å². The number of carbonyl (C=O) groups excluding carboxylic acids is 1. The van der Waals surface area contributed by atoms with Crippen molar-refractivity contribution in [3.8, 4) is 0 Å². The van der Waals surface area contributed by atoms with Gasteiger partial charge in [0.25, 0.3) is 0 Å². The van der Waals surface area contributed by atoms with Crippen molar-refractivity contribution >= 4 is 5.91 Å². The summed E-state index contributed by atoms with van der Waals surface area (Å²) in [6.07, 6.45) is 4.84. The summed E-state index contributed by atoms with van der Waals surface area (Å²) < 4.78 is 0. The van der Waals surface area contributed by atoms with Crippen molar-refractivity contribution < 1.29 is 4.79 Å². The Bertz CT molecular complexity index is 257. The molecule has 1 saturated carbocycles. The normalized spacial score (nSPS) is 20.9. The second-order valence-corrected chi connectivity index (χ2v) is 5.81. The predicted molar refractivity (Wildman–Crippen MR) is 70.7 cm³/mol. The minimum atomic E-state index is -0.393. The number of nitrogens with one attached hydrogen (secondary N) is 1. The van der Waals surface area contributed by atoms with Gasteiger partial charge in [-0.2, -0.15) is 0 Å². The monoisotopic (exact) mass is 241 g/mol. The van der Waals surface area contributed by atoms with Crippen LogP contribution >= 0.6 is 0 Å². The van der Waals surface area contributed by atoms with E-state index >= 15 is 0 Å². The first-order valence-corrected chi connectivity index (χ1v) is 6.60. The molecule has 4 nitrogen and oxygen atoms in total. The molecule has 3 N–H and O–H groups in total. The van der Waals surface area contributed by atoms with Crippen LogP contribution in [0, 0.1) is 5.92 Å². The molecule has 0 bridgehead atoms. The van der Waals surface area contributed by atoms with Crippen LogP contribution in [-0.4, -0.2) is 43.0 Å². The van der Waals surface area contributed by atoms with Crippen molar-refractivity contribution in [3.05, 3.63) is 0 Å². The molecule has 1 amide bonds. The molecule has 1 rings (SSSR count). The van der Waals surface area contributed by atoms with Gasteiger partial charge >= 0.3 is 0 Å². The van der Waals surface area contributed by atoms with E-state index in [0.717, 1.165) is 19.4 Å². The summed E-state index contributed by atoms with van der Waals surface area (Å²) >= 11 is 0. The average Bonchev–Trinajstić information content (AvgIpc) is 2.74. The summed E-state index contributed by atoms with van der Waals surface area (Å²) in [7, 11) is 4.19. The van der Waals surface area contributed by atoms with Gasteiger partial charge in [-0.3, -0.25) is 4.79 Å². The second kappa shape index (κ2) is 5.83. The molecule has 0 aromatic rings. The van der Waals surface area contributed by atoms with Crippen molar-refractivity contribution in [2.24, 2.45) is 11.7 Å². The van der Waals surface area contributed by atoms with Crippen LogP contribution in [0.25, 0.3) is 0 Å². The van der Waals surface area contributed by atoms with Crippen LogP contribution in [0.2, 0.25) is 0 Å². The zero-order valence-electron chi connectivity index (χ0n) is 11.6. The summed E-state index contributed by atoms with van der Waals surface area (Å²) in [4.78, 5) is 14.1. The van der Waals surface area contributed by atoms with E-state index < -0.39 is 6.04 Å². The lowest BCUT2D eigenvalue weighted by atomic mass is 9.95. The third kappa shape index (κ3) is 3.42. The molecule has 0 unspecified atom stereocenters. The van der Waals surface area contributed by atoms with Crippen LogP contribution in [0.1, 0.15) is 39.5 Å². The fourth-order valence-electron chi connectivity index (χ4n) is 2.49. The first kappa shape index (κ1) is 14.5. The van der Waals surface area contributed by atoms with Gasteiger partial charge in [-0.15, -0.1) is 0 Å². The number of likely N-dealkylation sites (N-methyl/N-ethyl adjacent to an activating group) is 1.